The van der Waals surface area contributed by atoms with E-state index >= 15 is 0 Å². The van der Waals surface area contributed by atoms with E-state index in [1.807, 2.05) is 50.2 Å². The van der Waals surface area contributed by atoms with Crippen molar-refractivity contribution < 1.29 is 18.7 Å². The molecule has 0 bridgehead atoms. The van der Waals surface area contributed by atoms with E-state index in [9.17, 15) is 4.79 Å². The average molecular weight is 481 g/mol. The van der Waals surface area contributed by atoms with Crippen LogP contribution in [0.2, 0.25) is 0 Å². The van der Waals surface area contributed by atoms with Crippen LogP contribution in [0, 0.1) is 13.8 Å². The Hall–Kier alpha value is -3.32. The van der Waals surface area contributed by atoms with Crippen LogP contribution >= 0.6 is 15.9 Å². The third-order valence-corrected chi connectivity index (χ3v) is 5.32. The van der Waals surface area contributed by atoms with Gasteiger partial charge in [0.05, 0.1) is 11.6 Å². The van der Waals surface area contributed by atoms with Crippen molar-refractivity contribution in [2.75, 3.05) is 19.0 Å². The van der Waals surface area contributed by atoms with Gasteiger partial charge in [0.25, 0.3) is 5.91 Å². The van der Waals surface area contributed by atoms with E-state index in [4.69, 9.17) is 13.9 Å². The van der Waals surface area contributed by atoms with Crippen LogP contribution in [-0.4, -0.2) is 24.6 Å². The Morgan fingerprint density at radius 1 is 1.10 bits per heavy atom. The molecule has 0 aliphatic carbocycles. The molecular weight excluding hydrogens is 460 g/mol. The SMILES string of the molecule is COc1ccc(-c2nc3cc(NC(=O)COc4c(C)cc(C)cc4Br)ccc3o2)cc1. The number of rotatable bonds is 6. The number of halogens is 1. The first-order valence-electron chi connectivity index (χ1n) is 9.67. The summed E-state index contributed by atoms with van der Waals surface area (Å²) >= 11 is 3.49. The number of hydrogen-bond donors (Lipinski definition) is 1. The van der Waals surface area contributed by atoms with Crippen LogP contribution in [0.25, 0.3) is 22.6 Å². The van der Waals surface area contributed by atoms with Gasteiger partial charge in [0.2, 0.25) is 5.89 Å². The number of anilines is 1. The van der Waals surface area contributed by atoms with Crippen molar-refractivity contribution in [3.63, 3.8) is 0 Å². The van der Waals surface area contributed by atoms with Crippen molar-refractivity contribution in [1.29, 1.82) is 0 Å². The molecular formula is C24H21BrN2O4. The largest absolute Gasteiger partial charge is 0.497 e. The number of nitrogens with one attached hydrogen (secondary N) is 1. The predicted octanol–water partition coefficient (Wildman–Crippen LogP) is 5.90. The molecule has 4 rings (SSSR count). The summed E-state index contributed by atoms with van der Waals surface area (Å²) in [6, 6.07) is 16.8. The molecule has 0 aliphatic heterocycles. The van der Waals surface area contributed by atoms with Crippen molar-refractivity contribution in [2.24, 2.45) is 0 Å². The zero-order chi connectivity index (χ0) is 22.0. The number of carbonyl (C=O) groups is 1. The minimum atomic E-state index is -0.259. The number of carbonyl (C=O) groups excluding carboxylic acids is 1. The normalized spacial score (nSPS) is 10.8. The summed E-state index contributed by atoms with van der Waals surface area (Å²) in [7, 11) is 1.62. The summed E-state index contributed by atoms with van der Waals surface area (Å²) in [6.45, 7) is 3.86. The quantitative estimate of drug-likeness (QED) is 0.371. The van der Waals surface area contributed by atoms with Gasteiger partial charge in [-0.2, -0.15) is 0 Å². The van der Waals surface area contributed by atoms with Crippen LogP contribution < -0.4 is 14.8 Å². The molecule has 0 aliphatic rings. The molecule has 158 valence electrons. The van der Waals surface area contributed by atoms with E-state index in [2.05, 4.69) is 26.2 Å². The standard InChI is InChI=1S/C24H21BrN2O4/c1-14-10-15(2)23(19(25)11-14)30-13-22(28)26-17-6-9-21-20(12-17)27-24(31-21)16-4-7-18(29-3)8-5-16/h4-12H,13H2,1-3H3,(H,26,28). The van der Waals surface area contributed by atoms with Crippen molar-refractivity contribution >= 4 is 38.6 Å². The lowest BCUT2D eigenvalue weighted by molar-refractivity contribution is -0.118. The van der Waals surface area contributed by atoms with Gasteiger partial charge in [-0.3, -0.25) is 4.79 Å². The minimum Gasteiger partial charge on any atom is -0.497 e. The number of amides is 1. The fraction of sp³-hybridized carbons (Fsp3) is 0.167. The number of aromatic nitrogens is 1. The van der Waals surface area contributed by atoms with E-state index in [1.165, 1.54) is 0 Å². The molecule has 1 amide bonds. The van der Waals surface area contributed by atoms with Gasteiger partial charge in [-0.05, 0) is 89.4 Å². The number of oxazole rings is 1. The van der Waals surface area contributed by atoms with Crippen LogP contribution in [-0.2, 0) is 4.79 Å². The Kier molecular flexibility index (Phi) is 5.95. The second-order valence-corrected chi connectivity index (χ2v) is 8.01. The topological polar surface area (TPSA) is 73.6 Å². The molecule has 7 heteroatoms. The van der Waals surface area contributed by atoms with Crippen LogP contribution in [0.15, 0.2) is 63.5 Å². The van der Waals surface area contributed by atoms with Crippen molar-refractivity contribution in [3.05, 3.63) is 70.2 Å². The Balaban J connectivity index is 1.45. The highest BCUT2D eigenvalue weighted by Crippen LogP contribution is 2.30. The monoisotopic (exact) mass is 480 g/mol. The van der Waals surface area contributed by atoms with Crippen LogP contribution in [0.5, 0.6) is 11.5 Å². The minimum absolute atomic E-state index is 0.101. The van der Waals surface area contributed by atoms with Crippen molar-refractivity contribution in [1.82, 2.24) is 4.98 Å². The Bertz CT molecular complexity index is 1230. The number of hydrogen-bond acceptors (Lipinski definition) is 5. The second kappa shape index (κ2) is 8.81. The van der Waals surface area contributed by atoms with Gasteiger partial charge in [0, 0.05) is 11.3 Å². The molecule has 0 fully saturated rings. The molecule has 0 saturated heterocycles. The van der Waals surface area contributed by atoms with Gasteiger partial charge in [-0.25, -0.2) is 4.98 Å². The molecule has 0 atom stereocenters. The van der Waals surface area contributed by atoms with Gasteiger partial charge in [-0.1, -0.05) is 6.07 Å². The maximum absolute atomic E-state index is 12.4. The lowest BCUT2D eigenvalue weighted by atomic mass is 10.1. The summed E-state index contributed by atoms with van der Waals surface area (Å²) in [5, 5.41) is 2.84. The summed E-state index contributed by atoms with van der Waals surface area (Å²) in [6.07, 6.45) is 0. The molecule has 0 radical (unpaired) electrons. The molecule has 1 aromatic heterocycles. The fourth-order valence-electron chi connectivity index (χ4n) is 3.28. The molecule has 0 spiro atoms. The van der Waals surface area contributed by atoms with E-state index in [0.717, 1.165) is 26.9 Å². The number of nitrogens with zero attached hydrogens (tertiary/aromatic N) is 1. The van der Waals surface area contributed by atoms with Crippen LogP contribution in [0.1, 0.15) is 11.1 Å². The first-order chi connectivity index (χ1) is 14.9. The number of benzene rings is 3. The average Bonchev–Trinajstić information content (AvgIpc) is 3.16. The van der Waals surface area contributed by atoms with Gasteiger partial charge >= 0.3 is 0 Å². The molecule has 3 aromatic carbocycles. The summed E-state index contributed by atoms with van der Waals surface area (Å²) in [4.78, 5) is 16.9. The number of ether oxygens (including phenoxy) is 2. The van der Waals surface area contributed by atoms with E-state index in [1.54, 1.807) is 25.3 Å². The highest BCUT2D eigenvalue weighted by molar-refractivity contribution is 9.10. The van der Waals surface area contributed by atoms with Crippen molar-refractivity contribution in [2.45, 2.75) is 13.8 Å². The molecule has 0 saturated carbocycles. The van der Waals surface area contributed by atoms with Crippen LogP contribution in [0.3, 0.4) is 0 Å². The second-order valence-electron chi connectivity index (χ2n) is 7.16. The van der Waals surface area contributed by atoms with E-state index in [0.29, 0.717) is 28.4 Å². The van der Waals surface area contributed by atoms with Crippen LogP contribution in [0.4, 0.5) is 5.69 Å². The third-order valence-electron chi connectivity index (χ3n) is 4.73. The molecule has 1 heterocycles. The molecule has 31 heavy (non-hydrogen) atoms. The van der Waals surface area contributed by atoms with Gasteiger partial charge < -0.3 is 19.2 Å². The third kappa shape index (κ3) is 4.72. The maximum Gasteiger partial charge on any atom is 0.262 e. The highest BCUT2D eigenvalue weighted by Gasteiger charge is 2.12. The summed E-state index contributed by atoms with van der Waals surface area (Å²) in [5.41, 5.74) is 4.84. The fourth-order valence-corrected chi connectivity index (χ4v) is 4.07. The van der Waals surface area contributed by atoms with E-state index in [-0.39, 0.29) is 12.5 Å². The predicted molar refractivity (Wildman–Crippen MR) is 124 cm³/mol. The molecule has 0 unspecified atom stereocenters. The zero-order valence-corrected chi connectivity index (χ0v) is 18.9. The highest BCUT2D eigenvalue weighted by atomic mass is 79.9. The van der Waals surface area contributed by atoms with Crippen molar-refractivity contribution in [3.8, 4) is 23.0 Å². The number of aryl methyl sites for hydroxylation is 2. The van der Waals surface area contributed by atoms with Gasteiger partial charge in [-0.15, -0.1) is 0 Å². The molecule has 4 aromatic rings. The lowest BCUT2D eigenvalue weighted by Gasteiger charge is -2.12. The van der Waals surface area contributed by atoms with Gasteiger partial charge in [0.1, 0.15) is 17.0 Å². The maximum atomic E-state index is 12.4. The molecule has 6 nitrogen and oxygen atoms in total. The van der Waals surface area contributed by atoms with E-state index < -0.39 is 0 Å². The first-order valence-corrected chi connectivity index (χ1v) is 10.5. The Morgan fingerprint density at radius 3 is 2.58 bits per heavy atom. The summed E-state index contributed by atoms with van der Waals surface area (Å²) < 4.78 is 17.6. The Labute approximate surface area is 188 Å². The smallest absolute Gasteiger partial charge is 0.262 e. The molecule has 1 N–H and O–H groups in total. The number of methoxy groups -OCH3 is 1. The number of fused-ring (bicyclic) bond motifs is 1. The lowest BCUT2D eigenvalue weighted by Crippen LogP contribution is -2.20. The van der Waals surface area contributed by atoms with Gasteiger partial charge in [0.15, 0.2) is 12.2 Å². The zero-order valence-electron chi connectivity index (χ0n) is 17.4. The summed E-state index contributed by atoms with van der Waals surface area (Å²) in [5.74, 6) is 1.67. The first kappa shape index (κ1) is 20.9. The Morgan fingerprint density at radius 2 is 1.87 bits per heavy atom.